The molecule has 12 heteroatoms. The number of ether oxygens (including phenoxy) is 2. The summed E-state index contributed by atoms with van der Waals surface area (Å²) < 4.78 is 73.5. The summed E-state index contributed by atoms with van der Waals surface area (Å²) in [6.07, 6.45) is -4.68. The average Bonchev–Trinajstić information content (AvgIpc) is 2.90. The lowest BCUT2D eigenvalue weighted by molar-refractivity contribution is -0.142. The van der Waals surface area contributed by atoms with E-state index in [4.69, 9.17) is 4.74 Å². The topological polar surface area (TPSA) is 65.4 Å². The number of anilines is 1. The van der Waals surface area contributed by atoms with E-state index >= 15 is 0 Å². The maximum atomic E-state index is 13.0. The van der Waals surface area contributed by atoms with E-state index in [0.29, 0.717) is 0 Å². The molecule has 0 aliphatic rings. The Bertz CT molecular complexity index is 870. The van der Waals surface area contributed by atoms with Crippen molar-refractivity contribution in [1.82, 2.24) is 9.78 Å². The van der Waals surface area contributed by atoms with Crippen molar-refractivity contribution in [3.05, 3.63) is 34.1 Å². The van der Waals surface area contributed by atoms with Crippen LogP contribution in [-0.4, -0.2) is 29.4 Å². The Balaban J connectivity index is 2.24. The quantitative estimate of drug-likeness (QED) is 0.615. The lowest BCUT2D eigenvalue weighted by Gasteiger charge is -2.16. The van der Waals surface area contributed by atoms with E-state index in [9.17, 15) is 26.7 Å². The summed E-state index contributed by atoms with van der Waals surface area (Å²) in [6, 6.07) is 2.62. The third kappa shape index (κ3) is 4.72. The van der Waals surface area contributed by atoms with E-state index in [2.05, 4.69) is 31.1 Å². The molecule has 1 unspecified atom stereocenters. The molecular weight excluding hydrogens is 457 g/mol. The summed E-state index contributed by atoms with van der Waals surface area (Å²) in [7, 11) is 1.23. The minimum Gasteiger partial charge on any atom is -0.493 e. The van der Waals surface area contributed by atoms with Crippen LogP contribution in [0.2, 0.25) is 0 Å². The van der Waals surface area contributed by atoms with Crippen molar-refractivity contribution in [3.8, 4) is 11.5 Å². The predicted octanol–water partition coefficient (Wildman–Crippen LogP) is 4.78. The van der Waals surface area contributed by atoms with E-state index in [-0.39, 0.29) is 27.4 Å². The first-order valence-electron chi connectivity index (χ1n) is 7.71. The van der Waals surface area contributed by atoms with Crippen molar-refractivity contribution in [2.45, 2.75) is 32.7 Å². The lowest BCUT2D eigenvalue weighted by atomic mass is 10.2. The van der Waals surface area contributed by atoms with Crippen LogP contribution in [0.5, 0.6) is 11.5 Å². The summed E-state index contributed by atoms with van der Waals surface area (Å²) in [5, 5.41) is 5.95. The number of carbonyl (C=O) groups is 1. The second-order valence-electron chi connectivity index (χ2n) is 5.60. The van der Waals surface area contributed by atoms with Gasteiger partial charge in [0, 0.05) is 11.8 Å². The van der Waals surface area contributed by atoms with Crippen LogP contribution in [-0.2, 0) is 11.0 Å². The molecule has 0 spiro atoms. The Kier molecular flexibility index (Phi) is 6.52. The molecule has 1 amide bonds. The number of amides is 1. The number of alkyl halides is 5. The zero-order valence-corrected chi connectivity index (χ0v) is 16.4. The molecule has 0 saturated carbocycles. The maximum absolute atomic E-state index is 13.0. The number of aromatic nitrogens is 2. The normalized spacial score (nSPS) is 12.8. The van der Waals surface area contributed by atoms with Crippen molar-refractivity contribution in [1.29, 1.82) is 0 Å². The van der Waals surface area contributed by atoms with Crippen molar-refractivity contribution in [2.24, 2.45) is 0 Å². The number of rotatable bonds is 6. The van der Waals surface area contributed by atoms with Gasteiger partial charge in [-0.05, 0) is 41.9 Å². The van der Waals surface area contributed by atoms with Gasteiger partial charge in [-0.15, -0.1) is 0 Å². The summed E-state index contributed by atoms with van der Waals surface area (Å²) >= 11 is 2.84. The highest BCUT2D eigenvalue weighted by atomic mass is 79.9. The summed E-state index contributed by atoms with van der Waals surface area (Å²) in [4.78, 5) is 12.4. The van der Waals surface area contributed by atoms with Gasteiger partial charge in [0.2, 0.25) is 5.91 Å². The number of methoxy groups -OCH3 is 1. The average molecular weight is 472 g/mol. The first-order valence-corrected chi connectivity index (χ1v) is 8.50. The summed E-state index contributed by atoms with van der Waals surface area (Å²) in [6.45, 7) is -0.304. The molecule has 0 radical (unpaired) electrons. The van der Waals surface area contributed by atoms with Crippen LogP contribution in [0.25, 0.3) is 0 Å². The van der Waals surface area contributed by atoms with Crippen LogP contribution in [0.1, 0.15) is 24.4 Å². The third-order valence-corrected chi connectivity index (χ3v) is 4.69. The molecule has 1 N–H and O–H groups in total. The Morgan fingerprint density at radius 1 is 1.29 bits per heavy atom. The lowest BCUT2D eigenvalue weighted by Crippen LogP contribution is -2.25. The number of halogens is 6. The molecule has 1 aromatic carbocycles. The Hall–Kier alpha value is -2.37. The second-order valence-corrected chi connectivity index (χ2v) is 6.39. The van der Waals surface area contributed by atoms with Gasteiger partial charge >= 0.3 is 12.8 Å². The molecular formula is C16H15BrF5N3O3. The highest BCUT2D eigenvalue weighted by Crippen LogP contribution is 2.36. The molecule has 0 aliphatic heterocycles. The number of carbonyl (C=O) groups excluding carboxylic acids is 1. The number of hydrogen-bond donors (Lipinski definition) is 1. The molecule has 6 nitrogen and oxygen atoms in total. The summed E-state index contributed by atoms with van der Waals surface area (Å²) in [5.74, 6) is -0.954. The number of hydrogen-bond acceptors (Lipinski definition) is 4. The van der Waals surface area contributed by atoms with Crippen LogP contribution < -0.4 is 14.8 Å². The highest BCUT2D eigenvalue weighted by Gasteiger charge is 2.39. The molecule has 0 saturated heterocycles. The molecule has 2 rings (SSSR count). The first-order chi connectivity index (χ1) is 13.0. The van der Waals surface area contributed by atoms with Crippen LogP contribution in [0.4, 0.5) is 27.6 Å². The van der Waals surface area contributed by atoms with Gasteiger partial charge in [0.1, 0.15) is 6.04 Å². The molecule has 1 heterocycles. The fourth-order valence-corrected chi connectivity index (χ4v) is 2.84. The SMILES string of the molecule is COc1cc(NC(=O)C(C)n2nc(C(F)(F)F)c(Br)c2C)ccc1OC(F)F. The Morgan fingerprint density at radius 3 is 2.43 bits per heavy atom. The van der Waals surface area contributed by atoms with Crippen molar-refractivity contribution in [2.75, 3.05) is 12.4 Å². The van der Waals surface area contributed by atoms with E-state index in [1.54, 1.807) is 0 Å². The smallest absolute Gasteiger partial charge is 0.436 e. The van der Waals surface area contributed by atoms with Crippen molar-refractivity contribution in [3.63, 3.8) is 0 Å². The third-order valence-electron chi connectivity index (χ3n) is 3.74. The number of nitrogens with one attached hydrogen (secondary N) is 1. The minimum absolute atomic E-state index is 0.0527. The largest absolute Gasteiger partial charge is 0.493 e. The van der Waals surface area contributed by atoms with Gasteiger partial charge in [0.15, 0.2) is 17.2 Å². The molecule has 0 bridgehead atoms. The number of nitrogens with zero attached hydrogens (tertiary/aromatic N) is 2. The first kappa shape index (κ1) is 21.9. The van der Waals surface area contributed by atoms with E-state index < -0.39 is 30.4 Å². The molecule has 0 fully saturated rings. The van der Waals surface area contributed by atoms with Gasteiger partial charge in [-0.1, -0.05) is 0 Å². The zero-order valence-electron chi connectivity index (χ0n) is 14.8. The zero-order chi connectivity index (χ0) is 21.2. The van der Waals surface area contributed by atoms with Gasteiger partial charge < -0.3 is 14.8 Å². The van der Waals surface area contributed by atoms with Crippen LogP contribution in [0.15, 0.2) is 22.7 Å². The molecule has 28 heavy (non-hydrogen) atoms. The van der Waals surface area contributed by atoms with Crippen LogP contribution >= 0.6 is 15.9 Å². The summed E-state index contributed by atoms with van der Waals surface area (Å²) in [5.41, 5.74) is -0.844. The van der Waals surface area contributed by atoms with E-state index in [1.165, 1.54) is 39.2 Å². The van der Waals surface area contributed by atoms with Gasteiger partial charge in [-0.25, -0.2) is 0 Å². The van der Waals surface area contributed by atoms with Gasteiger partial charge in [-0.2, -0.15) is 27.1 Å². The maximum Gasteiger partial charge on any atom is 0.436 e. The van der Waals surface area contributed by atoms with Crippen LogP contribution in [0, 0.1) is 6.92 Å². The molecule has 1 aromatic heterocycles. The van der Waals surface area contributed by atoms with Gasteiger partial charge in [0.05, 0.1) is 17.3 Å². The van der Waals surface area contributed by atoms with Crippen molar-refractivity contribution >= 4 is 27.5 Å². The fourth-order valence-electron chi connectivity index (χ4n) is 2.35. The van der Waals surface area contributed by atoms with Crippen LogP contribution in [0.3, 0.4) is 0 Å². The Labute approximate surface area is 164 Å². The monoisotopic (exact) mass is 471 g/mol. The second kappa shape index (κ2) is 8.33. The molecule has 0 aliphatic carbocycles. The van der Waals surface area contributed by atoms with E-state index in [0.717, 1.165) is 4.68 Å². The minimum atomic E-state index is -4.68. The van der Waals surface area contributed by atoms with E-state index in [1.807, 2.05) is 0 Å². The fraction of sp³-hybridized carbons (Fsp3) is 0.375. The standard InChI is InChI=1S/C16H15BrF5N3O3/c1-7-12(17)13(16(20,21)22)24-25(7)8(2)14(26)23-9-4-5-10(28-15(18)19)11(6-9)27-3/h4-6,8,15H,1-3H3,(H,23,26). The number of benzene rings is 1. The molecule has 2 aromatic rings. The van der Waals surface area contributed by atoms with Gasteiger partial charge in [-0.3, -0.25) is 9.48 Å². The molecule has 1 atom stereocenters. The highest BCUT2D eigenvalue weighted by molar-refractivity contribution is 9.10. The molecule has 154 valence electrons. The van der Waals surface area contributed by atoms with Gasteiger partial charge in [0.25, 0.3) is 0 Å². The Morgan fingerprint density at radius 2 is 1.93 bits per heavy atom. The van der Waals surface area contributed by atoms with Crippen molar-refractivity contribution < 1.29 is 36.2 Å². The predicted molar refractivity (Wildman–Crippen MR) is 92.6 cm³/mol.